The fraction of sp³-hybridized carbons (Fsp3) is 0.625. The van der Waals surface area contributed by atoms with Crippen LogP contribution in [0.15, 0.2) is 24.3 Å². The lowest BCUT2D eigenvalue weighted by Gasteiger charge is -2.35. The molecule has 104 valence electrons. The Morgan fingerprint density at radius 2 is 1.58 bits per heavy atom. The maximum Gasteiger partial charge on any atom is 0.0642 e. The third kappa shape index (κ3) is 2.77. The van der Waals surface area contributed by atoms with Crippen molar-refractivity contribution in [3.8, 4) is 0 Å². The molecule has 0 amide bonds. The molecule has 1 aromatic rings. The largest absolute Gasteiger partial charge is 0.378 e. The van der Waals surface area contributed by atoms with Crippen molar-refractivity contribution in [2.24, 2.45) is 5.73 Å². The van der Waals surface area contributed by atoms with Crippen molar-refractivity contribution < 1.29 is 4.74 Å². The van der Waals surface area contributed by atoms with Crippen molar-refractivity contribution >= 4 is 5.69 Å². The van der Waals surface area contributed by atoms with Crippen molar-refractivity contribution in [3.63, 3.8) is 0 Å². The van der Waals surface area contributed by atoms with Gasteiger partial charge in [0.1, 0.15) is 0 Å². The predicted molar refractivity (Wildman–Crippen MR) is 78.4 cm³/mol. The second-order valence-corrected chi connectivity index (χ2v) is 5.86. The van der Waals surface area contributed by atoms with E-state index < -0.39 is 0 Å². The number of benzene rings is 1. The van der Waals surface area contributed by atoms with Crippen molar-refractivity contribution in [1.29, 1.82) is 0 Å². The molecule has 2 N–H and O–H groups in total. The molecular formula is C16H24N2O. The molecule has 1 aliphatic heterocycles. The molecule has 2 aliphatic rings. The zero-order valence-electron chi connectivity index (χ0n) is 11.6. The summed E-state index contributed by atoms with van der Waals surface area (Å²) in [5.74, 6) is 0. The highest BCUT2D eigenvalue weighted by molar-refractivity contribution is 5.49. The Morgan fingerprint density at radius 3 is 2.21 bits per heavy atom. The Kier molecular flexibility index (Phi) is 3.76. The van der Waals surface area contributed by atoms with Gasteiger partial charge < -0.3 is 15.4 Å². The Morgan fingerprint density at radius 1 is 0.947 bits per heavy atom. The molecule has 3 nitrogen and oxygen atoms in total. The van der Waals surface area contributed by atoms with E-state index in [9.17, 15) is 0 Å². The molecule has 0 radical (unpaired) electrons. The minimum atomic E-state index is -0.0816. The number of nitrogens with two attached hydrogens (primary N) is 1. The zero-order chi connectivity index (χ0) is 13.1. The van der Waals surface area contributed by atoms with Gasteiger partial charge in [-0.2, -0.15) is 0 Å². The molecule has 2 fully saturated rings. The van der Waals surface area contributed by atoms with E-state index in [0.29, 0.717) is 0 Å². The Labute approximate surface area is 115 Å². The molecule has 1 heterocycles. The molecule has 0 unspecified atom stereocenters. The minimum Gasteiger partial charge on any atom is -0.378 e. The summed E-state index contributed by atoms with van der Waals surface area (Å²) in [5, 5.41) is 0. The van der Waals surface area contributed by atoms with Crippen LogP contribution in [0.1, 0.15) is 37.7 Å². The first-order valence-corrected chi connectivity index (χ1v) is 7.50. The number of hydrogen-bond donors (Lipinski definition) is 1. The number of hydrogen-bond acceptors (Lipinski definition) is 3. The van der Waals surface area contributed by atoms with Gasteiger partial charge in [0, 0.05) is 24.3 Å². The molecule has 19 heavy (non-hydrogen) atoms. The normalized spacial score (nSPS) is 23.3. The van der Waals surface area contributed by atoms with E-state index in [1.165, 1.54) is 30.5 Å². The molecule has 3 heteroatoms. The number of anilines is 1. The van der Waals surface area contributed by atoms with Crippen LogP contribution in [0, 0.1) is 0 Å². The monoisotopic (exact) mass is 260 g/mol. The number of rotatable bonds is 2. The average molecular weight is 260 g/mol. The quantitative estimate of drug-likeness (QED) is 0.888. The highest BCUT2D eigenvalue weighted by Crippen LogP contribution is 2.35. The van der Waals surface area contributed by atoms with Gasteiger partial charge in [0.2, 0.25) is 0 Å². The van der Waals surface area contributed by atoms with Crippen LogP contribution in [0.25, 0.3) is 0 Å². The van der Waals surface area contributed by atoms with Gasteiger partial charge in [-0.1, -0.05) is 31.4 Å². The maximum absolute atomic E-state index is 6.58. The van der Waals surface area contributed by atoms with E-state index in [4.69, 9.17) is 10.5 Å². The summed E-state index contributed by atoms with van der Waals surface area (Å²) < 4.78 is 5.39. The zero-order valence-corrected chi connectivity index (χ0v) is 11.6. The first kappa shape index (κ1) is 12.9. The molecule has 0 aromatic heterocycles. The molecule has 0 bridgehead atoms. The van der Waals surface area contributed by atoms with Gasteiger partial charge in [-0.05, 0) is 30.5 Å². The number of nitrogens with zero attached hydrogens (tertiary/aromatic N) is 1. The van der Waals surface area contributed by atoms with E-state index in [-0.39, 0.29) is 5.54 Å². The van der Waals surface area contributed by atoms with Crippen molar-refractivity contribution in [1.82, 2.24) is 0 Å². The Hall–Kier alpha value is -1.06. The summed E-state index contributed by atoms with van der Waals surface area (Å²) in [5.41, 5.74) is 9.10. The second kappa shape index (κ2) is 5.51. The lowest BCUT2D eigenvalue weighted by atomic mass is 9.77. The molecule has 1 saturated heterocycles. The third-order valence-electron chi connectivity index (χ3n) is 4.56. The van der Waals surface area contributed by atoms with E-state index in [1.54, 1.807) is 0 Å². The predicted octanol–water partition coefficient (Wildman–Crippen LogP) is 2.64. The first-order chi connectivity index (χ1) is 9.28. The van der Waals surface area contributed by atoms with Crippen molar-refractivity contribution in [2.45, 2.75) is 37.6 Å². The summed E-state index contributed by atoms with van der Waals surface area (Å²) in [6.07, 6.45) is 6.13. The minimum absolute atomic E-state index is 0.0816. The van der Waals surface area contributed by atoms with Crippen LogP contribution in [-0.2, 0) is 10.3 Å². The van der Waals surface area contributed by atoms with Gasteiger partial charge in [-0.25, -0.2) is 0 Å². The van der Waals surface area contributed by atoms with Crippen LogP contribution in [0.3, 0.4) is 0 Å². The fourth-order valence-corrected chi connectivity index (χ4v) is 3.30. The third-order valence-corrected chi connectivity index (χ3v) is 4.56. The van der Waals surface area contributed by atoms with Gasteiger partial charge in [-0.3, -0.25) is 0 Å². The maximum atomic E-state index is 6.58. The van der Waals surface area contributed by atoms with Gasteiger partial charge in [-0.15, -0.1) is 0 Å². The highest BCUT2D eigenvalue weighted by Gasteiger charge is 2.29. The smallest absolute Gasteiger partial charge is 0.0642 e. The molecule has 1 aliphatic carbocycles. The average Bonchev–Trinajstić information content (AvgIpc) is 2.49. The van der Waals surface area contributed by atoms with Crippen LogP contribution in [0.4, 0.5) is 5.69 Å². The van der Waals surface area contributed by atoms with Crippen LogP contribution in [0.5, 0.6) is 0 Å². The summed E-state index contributed by atoms with van der Waals surface area (Å²) in [7, 11) is 0. The fourth-order valence-electron chi connectivity index (χ4n) is 3.30. The van der Waals surface area contributed by atoms with Crippen LogP contribution >= 0.6 is 0 Å². The van der Waals surface area contributed by atoms with Gasteiger partial charge >= 0.3 is 0 Å². The van der Waals surface area contributed by atoms with Crippen LogP contribution < -0.4 is 10.6 Å². The summed E-state index contributed by atoms with van der Waals surface area (Å²) >= 11 is 0. The lowest BCUT2D eigenvalue weighted by molar-refractivity contribution is 0.122. The van der Waals surface area contributed by atoms with E-state index in [2.05, 4.69) is 29.2 Å². The first-order valence-electron chi connectivity index (χ1n) is 7.50. The summed E-state index contributed by atoms with van der Waals surface area (Å²) in [6.45, 7) is 3.66. The van der Waals surface area contributed by atoms with Gasteiger partial charge in [0.25, 0.3) is 0 Å². The van der Waals surface area contributed by atoms with Gasteiger partial charge in [0.15, 0.2) is 0 Å². The molecular weight excluding hydrogens is 236 g/mol. The number of morpholine rings is 1. The van der Waals surface area contributed by atoms with E-state index in [1.807, 2.05) is 0 Å². The molecule has 1 aromatic carbocycles. The summed E-state index contributed by atoms with van der Waals surface area (Å²) in [4.78, 5) is 2.39. The molecule has 0 spiro atoms. The SMILES string of the molecule is NC1(c2ccc(N3CCOCC3)cc2)CCCCC1. The lowest BCUT2D eigenvalue weighted by Crippen LogP contribution is -2.39. The highest BCUT2D eigenvalue weighted by atomic mass is 16.5. The van der Waals surface area contributed by atoms with Crippen molar-refractivity contribution in [3.05, 3.63) is 29.8 Å². The van der Waals surface area contributed by atoms with Crippen LogP contribution in [-0.4, -0.2) is 26.3 Å². The summed E-state index contributed by atoms with van der Waals surface area (Å²) in [6, 6.07) is 8.92. The molecule has 0 atom stereocenters. The Balaban J connectivity index is 1.74. The van der Waals surface area contributed by atoms with E-state index in [0.717, 1.165) is 39.1 Å². The second-order valence-electron chi connectivity index (χ2n) is 5.86. The van der Waals surface area contributed by atoms with Gasteiger partial charge in [0.05, 0.1) is 13.2 Å². The molecule has 1 saturated carbocycles. The topological polar surface area (TPSA) is 38.5 Å². The Bertz CT molecular complexity index is 403. The standard InChI is InChI=1S/C16H24N2O/c17-16(8-2-1-3-9-16)14-4-6-15(7-5-14)18-10-12-19-13-11-18/h4-7H,1-3,8-13,17H2. The number of ether oxygens (including phenoxy) is 1. The van der Waals surface area contributed by atoms with Crippen LogP contribution in [0.2, 0.25) is 0 Å². The molecule has 3 rings (SSSR count). The van der Waals surface area contributed by atoms with Crippen molar-refractivity contribution in [2.75, 3.05) is 31.2 Å². The van der Waals surface area contributed by atoms with E-state index >= 15 is 0 Å².